The number of alkyl halides is 3. The van der Waals surface area contributed by atoms with Crippen LogP contribution in [0.1, 0.15) is 17.3 Å². The fourth-order valence-electron chi connectivity index (χ4n) is 3.83. The Bertz CT molecular complexity index is 1430. The average molecular weight is 534 g/mol. The number of aliphatic hydroxyl groups is 2. The van der Waals surface area contributed by atoms with Gasteiger partial charge in [-0.25, -0.2) is 22.5 Å². The van der Waals surface area contributed by atoms with Crippen LogP contribution in [0.5, 0.6) is 0 Å². The highest BCUT2D eigenvalue weighted by Crippen LogP contribution is 2.28. The van der Waals surface area contributed by atoms with E-state index in [0.29, 0.717) is 23.8 Å². The zero-order chi connectivity index (χ0) is 27.4. The number of benzene rings is 1. The maximum absolute atomic E-state index is 15.0. The van der Waals surface area contributed by atoms with Gasteiger partial charge in [0.2, 0.25) is 5.43 Å². The molecule has 4 rings (SSSR count). The Labute approximate surface area is 202 Å². The Morgan fingerprint density at radius 2 is 1.62 bits per heavy atom. The number of carbonyl (C=O) groups excluding carboxylic acids is 1. The molecule has 3 aromatic rings. The number of nitrogens with one attached hydrogen (secondary N) is 1. The van der Waals surface area contributed by atoms with Crippen molar-refractivity contribution in [3.8, 4) is 5.69 Å². The van der Waals surface area contributed by atoms with Crippen molar-refractivity contribution >= 4 is 22.8 Å². The van der Waals surface area contributed by atoms with Crippen molar-refractivity contribution in [2.24, 2.45) is 0 Å². The number of aliphatic hydroxyl groups excluding tert-OH is 2. The van der Waals surface area contributed by atoms with Gasteiger partial charge in [0.15, 0.2) is 28.9 Å². The molecular formula is C22H17F7N4O4. The van der Waals surface area contributed by atoms with Gasteiger partial charge in [0, 0.05) is 31.4 Å². The molecule has 0 saturated carbocycles. The van der Waals surface area contributed by atoms with E-state index in [1.54, 1.807) is 0 Å². The van der Waals surface area contributed by atoms with E-state index in [2.05, 4.69) is 4.98 Å². The molecule has 1 amide bonds. The third-order valence-corrected chi connectivity index (χ3v) is 5.78. The Kier molecular flexibility index (Phi) is 6.62. The topological polar surface area (TPSA) is 108 Å². The first kappa shape index (κ1) is 26.3. The lowest BCUT2D eigenvalue weighted by atomic mass is 10.1. The second-order valence-electron chi connectivity index (χ2n) is 8.40. The number of amides is 1. The molecule has 1 aliphatic rings. The fraction of sp³-hybridized carbons (Fsp3) is 0.318. The molecule has 3 N–H and O–H groups in total. The lowest BCUT2D eigenvalue weighted by molar-refractivity contribution is -0.149. The standard InChI is InChI=1S/C22H17F7N4O4/c1-8(22(27,28)29)30-21(37)11-5-33(17-12(24)2-9(23)3-13(17)25)19-10(18(11)36)4-14(26)20(31-19)32-6-15(34)16(35)7-32/h2-5,8,15-16,34-35H,6-7H2,1H3,(H,30,37)/t8?,15-,16-/m1/s1. The highest BCUT2D eigenvalue weighted by molar-refractivity contribution is 5.97. The smallest absolute Gasteiger partial charge is 0.389 e. The summed E-state index contributed by atoms with van der Waals surface area (Å²) in [5.41, 5.74) is -4.04. The van der Waals surface area contributed by atoms with E-state index in [9.17, 15) is 50.5 Å². The van der Waals surface area contributed by atoms with Gasteiger partial charge in [-0.2, -0.15) is 13.2 Å². The first-order valence-corrected chi connectivity index (χ1v) is 10.6. The molecule has 8 nitrogen and oxygen atoms in total. The van der Waals surface area contributed by atoms with Crippen molar-refractivity contribution in [1.82, 2.24) is 14.9 Å². The van der Waals surface area contributed by atoms with Gasteiger partial charge < -0.3 is 20.4 Å². The van der Waals surface area contributed by atoms with Crippen LogP contribution in [0.4, 0.5) is 36.6 Å². The lowest BCUT2D eigenvalue weighted by Crippen LogP contribution is -2.44. The third-order valence-electron chi connectivity index (χ3n) is 5.78. The Hall–Kier alpha value is -3.72. The minimum absolute atomic E-state index is 0.269. The molecule has 1 unspecified atom stereocenters. The molecule has 1 aliphatic heterocycles. The number of hydrogen-bond donors (Lipinski definition) is 3. The van der Waals surface area contributed by atoms with Gasteiger partial charge in [-0.3, -0.25) is 14.2 Å². The highest BCUT2D eigenvalue weighted by Gasteiger charge is 2.38. The van der Waals surface area contributed by atoms with Crippen LogP contribution in [-0.2, 0) is 0 Å². The summed E-state index contributed by atoms with van der Waals surface area (Å²) >= 11 is 0. The zero-order valence-electron chi connectivity index (χ0n) is 18.7. The predicted octanol–water partition coefficient (Wildman–Crippen LogP) is 2.16. The quantitative estimate of drug-likeness (QED) is 0.443. The van der Waals surface area contributed by atoms with Crippen molar-refractivity contribution in [1.29, 1.82) is 0 Å². The maximum atomic E-state index is 15.0. The SMILES string of the molecule is CC(NC(=O)c1cn(-c2c(F)cc(F)cc2F)c2nc(N3C[C@@H](O)[C@H](O)C3)c(F)cc2c1=O)C(F)(F)F. The van der Waals surface area contributed by atoms with Gasteiger partial charge >= 0.3 is 6.18 Å². The molecule has 1 fully saturated rings. The van der Waals surface area contributed by atoms with Crippen molar-refractivity contribution in [2.75, 3.05) is 18.0 Å². The van der Waals surface area contributed by atoms with Gasteiger partial charge in [0.1, 0.15) is 23.1 Å². The third kappa shape index (κ3) is 4.83. The molecule has 0 aliphatic carbocycles. The average Bonchev–Trinajstić information content (AvgIpc) is 3.11. The minimum Gasteiger partial charge on any atom is -0.389 e. The molecule has 3 atom stereocenters. The van der Waals surface area contributed by atoms with Crippen molar-refractivity contribution in [2.45, 2.75) is 31.3 Å². The van der Waals surface area contributed by atoms with E-state index in [-0.39, 0.29) is 25.2 Å². The van der Waals surface area contributed by atoms with Gasteiger partial charge in [-0.1, -0.05) is 0 Å². The molecule has 37 heavy (non-hydrogen) atoms. The number of hydrogen-bond acceptors (Lipinski definition) is 6. The number of fused-ring (bicyclic) bond motifs is 1. The minimum atomic E-state index is -4.89. The number of rotatable bonds is 4. The molecule has 2 aromatic heterocycles. The molecule has 0 spiro atoms. The van der Waals surface area contributed by atoms with Crippen LogP contribution in [0.3, 0.4) is 0 Å². The number of β-amino-alcohol motifs (C(OH)–C–C–N with tert-alkyl or cyclic N) is 2. The van der Waals surface area contributed by atoms with Gasteiger partial charge in [-0.15, -0.1) is 0 Å². The molecule has 15 heteroatoms. The first-order chi connectivity index (χ1) is 17.2. The summed E-state index contributed by atoms with van der Waals surface area (Å²) in [6.07, 6.45) is -6.96. The number of carbonyl (C=O) groups is 1. The summed E-state index contributed by atoms with van der Waals surface area (Å²) in [7, 11) is 0. The van der Waals surface area contributed by atoms with Gasteiger partial charge in [0.05, 0.1) is 17.6 Å². The Morgan fingerprint density at radius 3 is 2.16 bits per heavy atom. The van der Waals surface area contributed by atoms with E-state index >= 15 is 0 Å². The number of halogens is 7. The zero-order valence-corrected chi connectivity index (χ0v) is 18.7. The fourth-order valence-corrected chi connectivity index (χ4v) is 3.83. The maximum Gasteiger partial charge on any atom is 0.408 e. The van der Waals surface area contributed by atoms with Crippen LogP contribution in [0, 0.1) is 23.3 Å². The summed E-state index contributed by atoms with van der Waals surface area (Å²) in [4.78, 5) is 30.6. The van der Waals surface area contributed by atoms with Crippen molar-refractivity contribution in [3.05, 3.63) is 63.5 Å². The summed E-state index contributed by atoms with van der Waals surface area (Å²) < 4.78 is 97.2. The van der Waals surface area contributed by atoms with Crippen LogP contribution >= 0.6 is 0 Å². The van der Waals surface area contributed by atoms with Crippen LogP contribution < -0.4 is 15.6 Å². The molecule has 1 aromatic carbocycles. The van der Waals surface area contributed by atoms with Gasteiger partial charge in [-0.05, 0) is 13.0 Å². The van der Waals surface area contributed by atoms with Crippen LogP contribution in [0.25, 0.3) is 16.7 Å². The number of anilines is 1. The number of nitrogens with zero attached hydrogens (tertiary/aromatic N) is 3. The van der Waals surface area contributed by atoms with Gasteiger partial charge in [0.25, 0.3) is 5.91 Å². The second-order valence-corrected chi connectivity index (χ2v) is 8.40. The van der Waals surface area contributed by atoms with E-state index in [1.807, 2.05) is 0 Å². The van der Waals surface area contributed by atoms with Crippen LogP contribution in [0.2, 0.25) is 0 Å². The molecule has 0 radical (unpaired) electrons. The summed E-state index contributed by atoms with van der Waals surface area (Å²) in [6, 6.07) is -1.33. The Morgan fingerprint density at radius 1 is 1.05 bits per heavy atom. The van der Waals surface area contributed by atoms with E-state index < -0.39 is 87.1 Å². The summed E-state index contributed by atoms with van der Waals surface area (Å²) in [5, 5.41) is 20.4. The lowest BCUT2D eigenvalue weighted by Gasteiger charge is -2.21. The molecule has 198 valence electrons. The highest BCUT2D eigenvalue weighted by atomic mass is 19.4. The monoisotopic (exact) mass is 534 g/mol. The van der Waals surface area contributed by atoms with E-state index in [4.69, 9.17) is 0 Å². The molecule has 1 saturated heterocycles. The summed E-state index contributed by atoms with van der Waals surface area (Å²) in [5.74, 6) is -7.69. The molecular weight excluding hydrogens is 517 g/mol. The Balaban J connectivity index is 1.99. The van der Waals surface area contributed by atoms with Crippen LogP contribution in [-0.4, -0.2) is 63.2 Å². The van der Waals surface area contributed by atoms with E-state index in [1.165, 1.54) is 5.32 Å². The normalized spacial score (nSPS) is 18.9. The van der Waals surface area contributed by atoms with Crippen molar-refractivity contribution < 1.29 is 45.7 Å². The number of aromatic nitrogens is 2. The molecule has 3 heterocycles. The van der Waals surface area contributed by atoms with Crippen LogP contribution in [0.15, 0.2) is 29.2 Å². The second kappa shape index (κ2) is 9.30. The predicted molar refractivity (Wildman–Crippen MR) is 114 cm³/mol. The van der Waals surface area contributed by atoms with E-state index in [0.717, 1.165) is 4.90 Å². The number of pyridine rings is 2. The molecule has 0 bridgehead atoms. The van der Waals surface area contributed by atoms with Crippen molar-refractivity contribution in [3.63, 3.8) is 0 Å². The summed E-state index contributed by atoms with van der Waals surface area (Å²) in [6.45, 7) is -0.00495. The largest absolute Gasteiger partial charge is 0.408 e. The first-order valence-electron chi connectivity index (χ1n) is 10.6.